The van der Waals surface area contributed by atoms with Crippen LogP contribution in [0.4, 0.5) is 26.3 Å². The summed E-state index contributed by atoms with van der Waals surface area (Å²) in [4.78, 5) is 0. The Morgan fingerprint density at radius 1 is 0.955 bits per heavy atom. The number of halogens is 6. The maximum atomic E-state index is 11.9. The summed E-state index contributed by atoms with van der Waals surface area (Å²) in [5, 5.41) is 20.4. The molecular weight excluding hydrogens is 318 g/mol. The van der Waals surface area contributed by atoms with Crippen LogP contribution >= 0.6 is 0 Å². The Balaban J connectivity index is 0.000000220. The number of aryl methyl sites for hydroxylation is 1. The van der Waals surface area contributed by atoms with E-state index in [9.17, 15) is 26.3 Å². The fourth-order valence-corrected chi connectivity index (χ4v) is 1.28. The van der Waals surface area contributed by atoms with E-state index in [0.29, 0.717) is 12.1 Å². The van der Waals surface area contributed by atoms with Crippen LogP contribution in [0.3, 0.4) is 0 Å². The van der Waals surface area contributed by atoms with Crippen LogP contribution < -0.4 is 0 Å². The third-order valence-corrected chi connectivity index (χ3v) is 2.32. The fourth-order valence-electron chi connectivity index (χ4n) is 1.28. The van der Waals surface area contributed by atoms with Crippen LogP contribution in [0.2, 0.25) is 0 Å². The Hall–Kier alpha value is -2.39. The molecule has 122 valence electrons. The van der Waals surface area contributed by atoms with Crippen molar-refractivity contribution >= 4 is 0 Å². The van der Waals surface area contributed by atoms with E-state index in [1.165, 1.54) is 13.1 Å². The van der Waals surface area contributed by atoms with Gasteiger partial charge in [0, 0.05) is 13.1 Å². The Morgan fingerprint density at radius 3 is 1.82 bits per heavy atom. The predicted molar refractivity (Wildman–Crippen MR) is 63.0 cm³/mol. The maximum Gasteiger partial charge on any atom is 0.435 e. The maximum absolute atomic E-state index is 11.9. The van der Waals surface area contributed by atoms with Crippen molar-refractivity contribution in [2.24, 2.45) is 7.05 Å². The van der Waals surface area contributed by atoms with Crippen LogP contribution in [0.15, 0.2) is 30.3 Å². The summed E-state index contributed by atoms with van der Waals surface area (Å²) >= 11 is 0. The minimum absolute atomic E-state index is 0.375. The lowest BCUT2D eigenvalue weighted by Gasteiger charge is -2.05. The fraction of sp³-hybridized carbons (Fsp3) is 0.250. The number of phenols is 1. The van der Waals surface area contributed by atoms with Crippen LogP contribution in [0.5, 0.6) is 11.6 Å². The van der Waals surface area contributed by atoms with Crippen molar-refractivity contribution < 1.29 is 36.6 Å². The molecule has 2 aromatic rings. The number of hydrogen-bond donors (Lipinski definition) is 2. The van der Waals surface area contributed by atoms with Crippen molar-refractivity contribution in [2.45, 2.75) is 12.4 Å². The van der Waals surface area contributed by atoms with Crippen LogP contribution in [0.1, 0.15) is 11.3 Å². The van der Waals surface area contributed by atoms with Gasteiger partial charge in [-0.05, 0) is 18.2 Å². The zero-order valence-electron chi connectivity index (χ0n) is 10.9. The Labute approximate surface area is 120 Å². The number of alkyl halides is 6. The average Bonchev–Trinajstić information content (AvgIpc) is 2.69. The van der Waals surface area contributed by atoms with E-state index >= 15 is 0 Å². The van der Waals surface area contributed by atoms with Gasteiger partial charge in [0.2, 0.25) is 5.88 Å². The summed E-state index contributed by atoms with van der Waals surface area (Å²) in [7, 11) is 1.23. The lowest BCUT2D eigenvalue weighted by atomic mass is 10.2. The molecule has 0 atom stereocenters. The second kappa shape index (κ2) is 6.16. The highest BCUT2D eigenvalue weighted by Gasteiger charge is 2.34. The van der Waals surface area contributed by atoms with Gasteiger partial charge < -0.3 is 10.2 Å². The van der Waals surface area contributed by atoms with E-state index in [0.717, 1.165) is 16.8 Å². The Kier molecular flexibility index (Phi) is 4.94. The standard InChI is InChI=1S/C7H5F3O.C5H5F3N2O/c8-7(9,10)5-2-1-3-6(11)4-5;1-10-4(11)2-3(9-10)5(6,7)8/h1-4,11H;2,11H,1H3. The largest absolute Gasteiger partial charge is 0.508 e. The van der Waals surface area contributed by atoms with Crippen LogP contribution in [0, 0.1) is 0 Å². The topological polar surface area (TPSA) is 58.3 Å². The summed E-state index contributed by atoms with van der Waals surface area (Å²) in [6.45, 7) is 0. The molecule has 0 spiro atoms. The van der Waals surface area contributed by atoms with Crippen LogP contribution in [0.25, 0.3) is 0 Å². The van der Waals surface area contributed by atoms with Gasteiger partial charge >= 0.3 is 12.4 Å². The van der Waals surface area contributed by atoms with Gasteiger partial charge in [0.1, 0.15) is 5.75 Å². The molecule has 1 aromatic carbocycles. The van der Waals surface area contributed by atoms with E-state index < -0.39 is 29.5 Å². The first kappa shape index (κ1) is 17.7. The minimum atomic E-state index is -4.49. The molecule has 0 aliphatic heterocycles. The molecule has 0 saturated carbocycles. The van der Waals surface area contributed by atoms with Crippen LogP contribution in [-0.4, -0.2) is 20.0 Å². The number of rotatable bonds is 0. The smallest absolute Gasteiger partial charge is 0.435 e. The van der Waals surface area contributed by atoms with Crippen molar-refractivity contribution in [3.05, 3.63) is 41.6 Å². The number of aromatic nitrogens is 2. The molecule has 0 unspecified atom stereocenters. The molecule has 0 amide bonds. The van der Waals surface area contributed by atoms with Gasteiger partial charge in [0.25, 0.3) is 0 Å². The summed E-state index contributed by atoms with van der Waals surface area (Å²) in [6, 6.07) is 4.49. The van der Waals surface area contributed by atoms with Crippen LogP contribution in [-0.2, 0) is 19.4 Å². The lowest BCUT2D eigenvalue weighted by Crippen LogP contribution is -2.06. The molecule has 0 bridgehead atoms. The number of aromatic hydroxyl groups is 2. The van der Waals surface area contributed by atoms with E-state index in [1.54, 1.807) is 0 Å². The molecule has 1 heterocycles. The molecule has 0 aliphatic rings. The lowest BCUT2D eigenvalue weighted by molar-refractivity contribution is -0.141. The van der Waals surface area contributed by atoms with Gasteiger partial charge in [-0.25, -0.2) is 4.68 Å². The quantitative estimate of drug-likeness (QED) is 0.727. The highest BCUT2D eigenvalue weighted by Crippen LogP contribution is 2.31. The van der Waals surface area contributed by atoms with Crippen molar-refractivity contribution in [3.63, 3.8) is 0 Å². The van der Waals surface area contributed by atoms with E-state index in [-0.39, 0.29) is 5.75 Å². The minimum Gasteiger partial charge on any atom is -0.508 e. The highest BCUT2D eigenvalue weighted by molar-refractivity contribution is 5.28. The van der Waals surface area contributed by atoms with Gasteiger partial charge in [-0.15, -0.1) is 0 Å². The van der Waals surface area contributed by atoms with Gasteiger partial charge in [-0.2, -0.15) is 31.4 Å². The van der Waals surface area contributed by atoms with Gasteiger partial charge in [0.05, 0.1) is 5.56 Å². The summed E-state index contributed by atoms with van der Waals surface area (Å²) in [5.74, 6) is -0.878. The van der Waals surface area contributed by atoms with E-state index in [4.69, 9.17) is 10.2 Å². The SMILES string of the molecule is Cn1nc(C(F)(F)F)cc1O.Oc1cccc(C(F)(F)F)c1. The first-order valence-electron chi connectivity index (χ1n) is 5.57. The van der Waals surface area contributed by atoms with E-state index in [2.05, 4.69) is 5.10 Å². The Bertz CT molecular complexity index is 614. The third-order valence-electron chi connectivity index (χ3n) is 2.32. The first-order valence-corrected chi connectivity index (χ1v) is 5.57. The summed E-state index contributed by atoms with van der Waals surface area (Å²) < 4.78 is 71.7. The highest BCUT2D eigenvalue weighted by atomic mass is 19.4. The van der Waals surface area contributed by atoms with E-state index in [1.807, 2.05) is 0 Å². The second-order valence-electron chi connectivity index (χ2n) is 4.06. The molecule has 0 saturated heterocycles. The molecule has 2 N–H and O–H groups in total. The van der Waals surface area contributed by atoms with Crippen molar-refractivity contribution in [1.82, 2.24) is 9.78 Å². The molecule has 1 aromatic heterocycles. The molecule has 0 fully saturated rings. The van der Waals surface area contributed by atoms with Crippen molar-refractivity contribution in [2.75, 3.05) is 0 Å². The number of benzene rings is 1. The molecule has 0 radical (unpaired) electrons. The van der Waals surface area contributed by atoms with Gasteiger partial charge in [-0.3, -0.25) is 0 Å². The summed E-state index contributed by atoms with van der Waals surface area (Å²) in [5.41, 5.74) is -1.92. The number of nitrogens with zero attached hydrogens (tertiary/aromatic N) is 2. The second-order valence-corrected chi connectivity index (χ2v) is 4.06. The predicted octanol–water partition coefficient (Wildman–Crippen LogP) is 3.56. The molecular formula is C12H10F6N2O2. The number of hydrogen-bond acceptors (Lipinski definition) is 3. The monoisotopic (exact) mass is 328 g/mol. The molecule has 4 nitrogen and oxygen atoms in total. The molecule has 22 heavy (non-hydrogen) atoms. The van der Waals surface area contributed by atoms with Crippen molar-refractivity contribution in [1.29, 1.82) is 0 Å². The van der Waals surface area contributed by atoms with Gasteiger partial charge in [-0.1, -0.05) is 6.07 Å². The molecule has 2 rings (SSSR count). The first-order chi connectivity index (χ1) is 9.91. The Morgan fingerprint density at radius 2 is 1.55 bits per heavy atom. The summed E-state index contributed by atoms with van der Waals surface area (Å²) in [6.07, 6.45) is -8.86. The van der Waals surface area contributed by atoms with Gasteiger partial charge in [0.15, 0.2) is 5.69 Å². The van der Waals surface area contributed by atoms with Crippen molar-refractivity contribution in [3.8, 4) is 11.6 Å². The molecule has 0 aliphatic carbocycles. The zero-order chi connectivity index (χ0) is 17.1. The number of phenolic OH excluding ortho intramolecular Hbond substituents is 1. The normalized spacial score (nSPS) is 11.8. The molecule has 10 heteroatoms. The third kappa shape index (κ3) is 4.86. The average molecular weight is 328 g/mol. The zero-order valence-corrected chi connectivity index (χ0v) is 10.9.